The number of nitrogens with zero attached hydrogens (tertiary/aromatic N) is 6. The number of hydrogen-bond acceptors (Lipinski definition) is 8. The minimum atomic E-state index is -4.42. The molecule has 4 aromatic rings. The smallest absolute Gasteiger partial charge is 0.343 e. The third-order valence-electron chi connectivity index (χ3n) is 6.33. The number of benzene rings is 1. The number of pyridine rings is 1. The first-order valence-electron chi connectivity index (χ1n) is 11.7. The van der Waals surface area contributed by atoms with E-state index in [0.29, 0.717) is 41.3 Å². The topological polar surface area (TPSA) is 135 Å². The van der Waals surface area contributed by atoms with Crippen molar-refractivity contribution in [2.45, 2.75) is 25.2 Å². The summed E-state index contributed by atoms with van der Waals surface area (Å²) in [5.74, 6) is -0.125. The summed E-state index contributed by atoms with van der Waals surface area (Å²) in [6.45, 7) is 2.38. The van der Waals surface area contributed by atoms with Gasteiger partial charge < -0.3 is 15.2 Å². The molecule has 3 aromatic heterocycles. The number of sulfonamides is 1. The largest absolute Gasteiger partial charge is 0.416 e. The van der Waals surface area contributed by atoms with Crippen molar-refractivity contribution >= 4 is 38.5 Å². The quantitative estimate of drug-likeness (QED) is 0.352. The van der Waals surface area contributed by atoms with Crippen molar-refractivity contribution in [2.24, 2.45) is 0 Å². The molecule has 1 amide bonds. The molecule has 0 spiro atoms. The van der Waals surface area contributed by atoms with Gasteiger partial charge in [-0.3, -0.25) is 9.78 Å². The lowest BCUT2D eigenvalue weighted by Crippen LogP contribution is -2.50. The average Bonchev–Trinajstić information content (AvgIpc) is 3.25. The van der Waals surface area contributed by atoms with Gasteiger partial charge in [0.2, 0.25) is 10.0 Å². The average molecular weight is 561 g/mol. The third kappa shape index (κ3) is 5.68. The molecule has 0 saturated carbocycles. The van der Waals surface area contributed by atoms with Crippen LogP contribution in [0.2, 0.25) is 0 Å². The van der Waals surface area contributed by atoms with Crippen LogP contribution < -0.4 is 10.6 Å². The molecular formula is C24H23F3N8O3S. The third-order valence-corrected chi connectivity index (χ3v) is 7.57. The predicted octanol–water partition coefficient (Wildman–Crippen LogP) is 3.29. The number of nitrogens with one attached hydrogen (secondary N) is 2. The number of hydrogen-bond donors (Lipinski definition) is 2. The Morgan fingerprint density at radius 1 is 1.05 bits per heavy atom. The second-order valence-corrected chi connectivity index (χ2v) is 11.1. The van der Waals surface area contributed by atoms with Crippen LogP contribution in [0.15, 0.2) is 55.2 Å². The minimum absolute atomic E-state index is 0.0908. The van der Waals surface area contributed by atoms with Crippen LogP contribution >= 0.6 is 0 Å². The SMILES string of the molecule is CC(NC(=O)c1cc2c(cn1)ncn2C1CN(S(C)(=O)=O)C1)c1cnc(Nc2ccc(C(F)(F)F)cc2)cn1. The number of carbonyl (C=O) groups is 1. The standard InChI is InChI=1S/C24H23F3N8O3S/c1-14(19-8-30-22(10-29-19)33-16-5-3-15(4-6-16)24(25,26)27)32-23(36)18-7-21-20(9-28-18)31-13-35(21)17-11-34(12-17)39(2,37)38/h3-10,13-14,17H,11-12H2,1-2H3,(H,30,33)(H,32,36). The molecule has 15 heteroatoms. The second kappa shape index (κ2) is 9.89. The monoisotopic (exact) mass is 560 g/mol. The normalized spacial score (nSPS) is 15.6. The maximum absolute atomic E-state index is 12.9. The molecule has 1 aliphatic rings. The molecule has 1 saturated heterocycles. The second-order valence-electron chi connectivity index (χ2n) is 9.17. The van der Waals surface area contributed by atoms with E-state index in [0.717, 1.165) is 18.4 Å². The van der Waals surface area contributed by atoms with Crippen molar-refractivity contribution in [1.82, 2.24) is 34.1 Å². The Hall–Kier alpha value is -4.11. The summed E-state index contributed by atoms with van der Waals surface area (Å²) in [4.78, 5) is 29.9. The van der Waals surface area contributed by atoms with E-state index < -0.39 is 33.7 Å². The van der Waals surface area contributed by atoms with Gasteiger partial charge in [0.15, 0.2) is 0 Å². The molecule has 1 aromatic carbocycles. The Morgan fingerprint density at radius 3 is 2.38 bits per heavy atom. The molecule has 0 radical (unpaired) electrons. The maximum Gasteiger partial charge on any atom is 0.416 e. The summed E-state index contributed by atoms with van der Waals surface area (Å²) in [6, 6.07) is 5.52. The van der Waals surface area contributed by atoms with Crippen LogP contribution in [0.1, 0.15) is 40.8 Å². The van der Waals surface area contributed by atoms with E-state index in [4.69, 9.17) is 0 Å². The summed E-state index contributed by atoms with van der Waals surface area (Å²) in [5, 5.41) is 5.70. The van der Waals surface area contributed by atoms with Crippen LogP contribution in [0.3, 0.4) is 0 Å². The van der Waals surface area contributed by atoms with E-state index >= 15 is 0 Å². The summed E-state index contributed by atoms with van der Waals surface area (Å²) < 4.78 is 64.8. The van der Waals surface area contributed by atoms with E-state index in [2.05, 4.69) is 30.6 Å². The van der Waals surface area contributed by atoms with Gasteiger partial charge in [-0.25, -0.2) is 23.4 Å². The minimum Gasteiger partial charge on any atom is -0.343 e. The zero-order chi connectivity index (χ0) is 27.9. The Bertz CT molecular complexity index is 1620. The summed E-state index contributed by atoms with van der Waals surface area (Å²) >= 11 is 0. The van der Waals surface area contributed by atoms with Crippen molar-refractivity contribution in [1.29, 1.82) is 0 Å². The Kier molecular flexibility index (Phi) is 6.72. The zero-order valence-electron chi connectivity index (χ0n) is 20.7. The van der Waals surface area contributed by atoms with Gasteiger partial charge in [0.1, 0.15) is 17.0 Å². The van der Waals surface area contributed by atoms with Gasteiger partial charge in [0.05, 0.1) is 60.0 Å². The number of rotatable bonds is 7. The summed E-state index contributed by atoms with van der Waals surface area (Å²) in [6.07, 6.45) is 2.71. The van der Waals surface area contributed by atoms with Crippen molar-refractivity contribution in [2.75, 3.05) is 24.7 Å². The van der Waals surface area contributed by atoms with Crippen molar-refractivity contribution in [3.05, 3.63) is 72.2 Å². The Labute approximate surface area is 221 Å². The van der Waals surface area contributed by atoms with Crippen LogP contribution in [0, 0.1) is 0 Å². The van der Waals surface area contributed by atoms with Gasteiger partial charge in [-0.2, -0.15) is 17.5 Å². The highest BCUT2D eigenvalue weighted by Crippen LogP contribution is 2.30. The lowest BCUT2D eigenvalue weighted by Gasteiger charge is -2.38. The van der Waals surface area contributed by atoms with Gasteiger partial charge in [0.25, 0.3) is 5.91 Å². The number of imidazole rings is 1. The van der Waals surface area contributed by atoms with Gasteiger partial charge in [0, 0.05) is 18.8 Å². The molecule has 0 bridgehead atoms. The van der Waals surface area contributed by atoms with E-state index in [1.807, 2.05) is 4.57 Å². The molecule has 1 atom stereocenters. The Morgan fingerprint density at radius 2 is 1.77 bits per heavy atom. The number of anilines is 2. The fourth-order valence-corrected chi connectivity index (χ4v) is 4.96. The predicted molar refractivity (Wildman–Crippen MR) is 136 cm³/mol. The molecule has 1 unspecified atom stereocenters. The van der Waals surface area contributed by atoms with Crippen LogP contribution in [-0.4, -0.2) is 62.5 Å². The molecule has 1 aliphatic heterocycles. The molecule has 39 heavy (non-hydrogen) atoms. The number of halogens is 3. The highest BCUT2D eigenvalue weighted by atomic mass is 32.2. The van der Waals surface area contributed by atoms with Gasteiger partial charge in [-0.05, 0) is 37.3 Å². The molecule has 5 rings (SSSR count). The summed E-state index contributed by atoms with van der Waals surface area (Å²) in [7, 11) is -3.26. The lowest BCUT2D eigenvalue weighted by atomic mass is 10.1. The van der Waals surface area contributed by atoms with Gasteiger partial charge in [-0.15, -0.1) is 0 Å². The van der Waals surface area contributed by atoms with Crippen LogP contribution in [-0.2, 0) is 16.2 Å². The molecule has 1 fully saturated rings. The van der Waals surface area contributed by atoms with E-state index in [1.54, 1.807) is 19.3 Å². The first-order chi connectivity index (χ1) is 18.4. The first-order valence-corrected chi connectivity index (χ1v) is 13.6. The van der Waals surface area contributed by atoms with Gasteiger partial charge in [-0.1, -0.05) is 0 Å². The number of aromatic nitrogens is 5. The molecule has 2 N–H and O–H groups in total. The summed E-state index contributed by atoms with van der Waals surface area (Å²) in [5.41, 5.74) is 1.53. The molecular weight excluding hydrogens is 537 g/mol. The van der Waals surface area contributed by atoms with E-state index in [9.17, 15) is 26.4 Å². The first kappa shape index (κ1) is 26.5. The number of fused-ring (bicyclic) bond motifs is 1. The van der Waals surface area contributed by atoms with Crippen molar-refractivity contribution in [3.63, 3.8) is 0 Å². The van der Waals surface area contributed by atoms with Crippen LogP contribution in [0.4, 0.5) is 24.7 Å². The lowest BCUT2D eigenvalue weighted by molar-refractivity contribution is -0.137. The van der Waals surface area contributed by atoms with Crippen LogP contribution in [0.25, 0.3) is 11.0 Å². The molecule has 204 valence electrons. The van der Waals surface area contributed by atoms with Crippen molar-refractivity contribution in [3.8, 4) is 0 Å². The highest BCUT2D eigenvalue weighted by Gasteiger charge is 2.35. The number of alkyl halides is 3. The fraction of sp³-hybridized carbons (Fsp3) is 0.292. The van der Waals surface area contributed by atoms with Crippen molar-refractivity contribution < 1.29 is 26.4 Å². The van der Waals surface area contributed by atoms with Crippen LogP contribution in [0.5, 0.6) is 0 Å². The molecule has 11 nitrogen and oxygen atoms in total. The maximum atomic E-state index is 12.9. The van der Waals surface area contributed by atoms with E-state index in [1.165, 1.54) is 35.0 Å². The Balaban J connectivity index is 1.23. The molecule has 0 aliphatic carbocycles. The number of amides is 1. The fourth-order valence-electron chi connectivity index (χ4n) is 4.07. The highest BCUT2D eigenvalue weighted by molar-refractivity contribution is 7.88. The zero-order valence-corrected chi connectivity index (χ0v) is 21.5. The van der Waals surface area contributed by atoms with E-state index in [-0.39, 0.29) is 11.7 Å². The number of carbonyl (C=O) groups excluding carboxylic acids is 1. The van der Waals surface area contributed by atoms with Gasteiger partial charge >= 0.3 is 6.18 Å². The molecule has 4 heterocycles.